The van der Waals surface area contributed by atoms with Gasteiger partial charge in [-0.1, -0.05) is 34.1 Å². The molecule has 1 unspecified atom stereocenters. The van der Waals surface area contributed by atoms with E-state index in [4.69, 9.17) is 4.42 Å². The van der Waals surface area contributed by atoms with E-state index in [1.165, 1.54) is 12.1 Å². The molecule has 0 saturated carbocycles. The number of rotatable bonds is 3. The lowest BCUT2D eigenvalue weighted by Crippen LogP contribution is -2.17. The maximum atomic E-state index is 13.3. The molecular formula is C17H15BrFNO. The third kappa shape index (κ3) is 2.61. The second kappa shape index (κ2) is 5.62. The molecule has 0 aliphatic carbocycles. The lowest BCUT2D eigenvalue weighted by molar-refractivity contribution is 0.490. The summed E-state index contributed by atoms with van der Waals surface area (Å²) >= 11 is 3.63. The van der Waals surface area contributed by atoms with Crippen molar-refractivity contribution in [2.24, 2.45) is 0 Å². The van der Waals surface area contributed by atoms with E-state index in [2.05, 4.69) is 21.2 Å². The van der Waals surface area contributed by atoms with Crippen molar-refractivity contribution in [2.75, 3.05) is 7.05 Å². The first-order valence-corrected chi connectivity index (χ1v) is 7.50. The van der Waals surface area contributed by atoms with E-state index in [0.29, 0.717) is 5.58 Å². The molecule has 1 atom stereocenters. The first kappa shape index (κ1) is 14.3. The number of hydrogen-bond acceptors (Lipinski definition) is 2. The number of furan rings is 1. The number of nitrogens with one attached hydrogen (secondary N) is 1. The predicted molar refractivity (Wildman–Crippen MR) is 86.0 cm³/mol. The molecule has 21 heavy (non-hydrogen) atoms. The van der Waals surface area contributed by atoms with Crippen LogP contribution in [0.25, 0.3) is 11.0 Å². The van der Waals surface area contributed by atoms with Crippen molar-refractivity contribution < 1.29 is 8.81 Å². The first-order valence-electron chi connectivity index (χ1n) is 6.71. The van der Waals surface area contributed by atoms with Crippen molar-refractivity contribution in [3.05, 3.63) is 69.6 Å². The third-order valence-electron chi connectivity index (χ3n) is 3.60. The van der Waals surface area contributed by atoms with Gasteiger partial charge in [-0.05, 0) is 49.4 Å². The van der Waals surface area contributed by atoms with Crippen molar-refractivity contribution in [2.45, 2.75) is 13.0 Å². The van der Waals surface area contributed by atoms with Gasteiger partial charge in [0.25, 0.3) is 0 Å². The minimum Gasteiger partial charge on any atom is -0.459 e. The Kier molecular flexibility index (Phi) is 3.83. The number of benzene rings is 2. The van der Waals surface area contributed by atoms with Gasteiger partial charge in [-0.25, -0.2) is 4.39 Å². The van der Waals surface area contributed by atoms with E-state index < -0.39 is 0 Å². The highest BCUT2D eigenvalue weighted by atomic mass is 79.9. The van der Waals surface area contributed by atoms with Crippen LogP contribution in [-0.2, 0) is 0 Å². The molecule has 1 N–H and O–H groups in total. The maximum Gasteiger partial charge on any atom is 0.134 e. The number of fused-ring (bicyclic) bond motifs is 1. The maximum absolute atomic E-state index is 13.3. The van der Waals surface area contributed by atoms with Crippen LogP contribution in [0.5, 0.6) is 0 Å². The smallest absolute Gasteiger partial charge is 0.134 e. The van der Waals surface area contributed by atoms with Crippen molar-refractivity contribution >= 4 is 26.9 Å². The monoisotopic (exact) mass is 347 g/mol. The molecule has 2 aromatic carbocycles. The SMILES string of the molecule is CNC(c1cc2cc(F)ccc2o1)c1cccc(C)c1Br. The molecule has 0 amide bonds. The van der Waals surface area contributed by atoms with E-state index in [1.807, 2.05) is 38.2 Å². The summed E-state index contributed by atoms with van der Waals surface area (Å²) in [5, 5.41) is 4.03. The molecule has 0 spiro atoms. The lowest BCUT2D eigenvalue weighted by Gasteiger charge is -2.16. The lowest BCUT2D eigenvalue weighted by atomic mass is 10.0. The van der Waals surface area contributed by atoms with Gasteiger partial charge in [-0.2, -0.15) is 0 Å². The quantitative estimate of drug-likeness (QED) is 0.724. The molecule has 2 nitrogen and oxygen atoms in total. The van der Waals surface area contributed by atoms with E-state index in [0.717, 1.165) is 26.7 Å². The molecule has 0 fully saturated rings. The summed E-state index contributed by atoms with van der Waals surface area (Å²) in [7, 11) is 1.88. The molecule has 0 aliphatic rings. The van der Waals surface area contributed by atoms with Crippen LogP contribution in [0.2, 0.25) is 0 Å². The summed E-state index contributed by atoms with van der Waals surface area (Å²) in [5.41, 5.74) is 2.95. The van der Waals surface area contributed by atoms with Gasteiger partial charge >= 0.3 is 0 Å². The summed E-state index contributed by atoms with van der Waals surface area (Å²) in [4.78, 5) is 0. The van der Waals surface area contributed by atoms with Crippen LogP contribution in [0, 0.1) is 12.7 Å². The summed E-state index contributed by atoms with van der Waals surface area (Å²) in [5.74, 6) is 0.511. The summed E-state index contributed by atoms with van der Waals surface area (Å²) in [6.07, 6.45) is 0. The van der Waals surface area contributed by atoms with Crippen LogP contribution in [-0.4, -0.2) is 7.05 Å². The fourth-order valence-electron chi connectivity index (χ4n) is 2.52. The Bertz CT molecular complexity index is 797. The van der Waals surface area contributed by atoms with Crippen molar-refractivity contribution in [3.63, 3.8) is 0 Å². The molecule has 0 radical (unpaired) electrons. The second-order valence-corrected chi connectivity index (χ2v) is 5.82. The van der Waals surface area contributed by atoms with Gasteiger partial charge in [0.05, 0.1) is 6.04 Å². The van der Waals surface area contributed by atoms with Crippen LogP contribution in [0.4, 0.5) is 4.39 Å². The standard InChI is InChI=1S/C17H15BrFNO/c1-10-4-3-5-13(16(10)18)17(20-2)15-9-11-8-12(19)6-7-14(11)21-15/h3-9,17,20H,1-2H3. The Labute approximate surface area is 131 Å². The van der Waals surface area contributed by atoms with E-state index in [1.54, 1.807) is 6.07 Å². The number of halogens is 2. The highest BCUT2D eigenvalue weighted by molar-refractivity contribution is 9.10. The zero-order valence-corrected chi connectivity index (χ0v) is 13.4. The molecule has 3 aromatic rings. The van der Waals surface area contributed by atoms with E-state index in [9.17, 15) is 4.39 Å². The Morgan fingerprint density at radius 1 is 1.19 bits per heavy atom. The van der Waals surface area contributed by atoms with Crippen LogP contribution in [0.3, 0.4) is 0 Å². The molecule has 108 valence electrons. The summed E-state index contributed by atoms with van der Waals surface area (Å²) in [6.45, 7) is 2.05. The van der Waals surface area contributed by atoms with Gasteiger partial charge in [0.1, 0.15) is 17.2 Å². The van der Waals surface area contributed by atoms with Gasteiger partial charge in [0, 0.05) is 9.86 Å². The van der Waals surface area contributed by atoms with Crippen LogP contribution in [0.15, 0.2) is 51.4 Å². The highest BCUT2D eigenvalue weighted by Gasteiger charge is 2.20. The third-order valence-corrected chi connectivity index (χ3v) is 4.69. The first-order chi connectivity index (χ1) is 10.1. The number of aryl methyl sites for hydroxylation is 1. The molecule has 1 heterocycles. The van der Waals surface area contributed by atoms with Gasteiger partial charge in [-0.15, -0.1) is 0 Å². The molecule has 0 saturated heterocycles. The molecule has 4 heteroatoms. The average Bonchev–Trinajstić information content (AvgIpc) is 2.87. The minimum absolute atomic E-state index is 0.0882. The molecule has 0 bridgehead atoms. The molecule has 3 rings (SSSR count). The summed E-state index contributed by atoms with van der Waals surface area (Å²) in [6, 6.07) is 12.5. The van der Waals surface area contributed by atoms with Crippen molar-refractivity contribution in [3.8, 4) is 0 Å². The zero-order chi connectivity index (χ0) is 15.0. The molecule has 0 aliphatic heterocycles. The topological polar surface area (TPSA) is 25.2 Å². The average molecular weight is 348 g/mol. The van der Waals surface area contributed by atoms with Gasteiger partial charge in [0.2, 0.25) is 0 Å². The Morgan fingerprint density at radius 2 is 2.00 bits per heavy atom. The number of hydrogen-bond donors (Lipinski definition) is 1. The van der Waals surface area contributed by atoms with Crippen molar-refractivity contribution in [1.82, 2.24) is 5.32 Å². The predicted octanol–water partition coefficient (Wildman–Crippen LogP) is 4.95. The van der Waals surface area contributed by atoms with E-state index >= 15 is 0 Å². The Balaban J connectivity index is 2.11. The second-order valence-electron chi connectivity index (χ2n) is 5.03. The Hall–Kier alpha value is -1.65. The fourth-order valence-corrected chi connectivity index (χ4v) is 3.01. The normalized spacial score (nSPS) is 12.8. The van der Waals surface area contributed by atoms with Crippen molar-refractivity contribution in [1.29, 1.82) is 0 Å². The van der Waals surface area contributed by atoms with Crippen LogP contribution >= 0.6 is 15.9 Å². The molecule has 1 aromatic heterocycles. The fraction of sp³-hybridized carbons (Fsp3) is 0.176. The van der Waals surface area contributed by atoms with Crippen LogP contribution < -0.4 is 5.32 Å². The van der Waals surface area contributed by atoms with E-state index in [-0.39, 0.29) is 11.9 Å². The minimum atomic E-state index is -0.257. The van der Waals surface area contributed by atoms with Crippen LogP contribution in [0.1, 0.15) is 22.9 Å². The molecular weight excluding hydrogens is 333 g/mol. The zero-order valence-electron chi connectivity index (χ0n) is 11.8. The largest absolute Gasteiger partial charge is 0.459 e. The Morgan fingerprint density at radius 3 is 2.76 bits per heavy atom. The van der Waals surface area contributed by atoms with Gasteiger partial charge in [0.15, 0.2) is 0 Å². The van der Waals surface area contributed by atoms with Gasteiger partial charge in [-0.3, -0.25) is 0 Å². The highest BCUT2D eigenvalue weighted by Crippen LogP contribution is 2.33. The summed E-state index contributed by atoms with van der Waals surface area (Å²) < 4.78 is 20.2. The van der Waals surface area contributed by atoms with Gasteiger partial charge < -0.3 is 9.73 Å².